The monoisotopic (exact) mass is 193 g/mol. The zero-order valence-corrected chi connectivity index (χ0v) is 9.20. The summed E-state index contributed by atoms with van der Waals surface area (Å²) in [6.07, 6.45) is 4.32. The van der Waals surface area contributed by atoms with Gasteiger partial charge in [0.2, 0.25) is 0 Å². The Labute approximate surface area is 85.7 Å². The zero-order valence-electron chi connectivity index (χ0n) is 9.20. The third-order valence-electron chi connectivity index (χ3n) is 3.20. The topological polar surface area (TPSA) is 20.2 Å². The number of aromatic nitrogens is 1. The van der Waals surface area contributed by atoms with Crippen molar-refractivity contribution in [2.75, 3.05) is 20.1 Å². The summed E-state index contributed by atoms with van der Waals surface area (Å²) >= 11 is 0. The number of hydrogen-bond donors (Lipinski definition) is 1. The van der Waals surface area contributed by atoms with Gasteiger partial charge in [0.05, 0.1) is 0 Å². The predicted molar refractivity (Wildman–Crippen MR) is 58.2 cm³/mol. The largest absolute Gasteiger partial charge is 0.357 e. The molecule has 3 heteroatoms. The number of hydrogen-bond acceptors (Lipinski definition) is 2. The first-order chi connectivity index (χ1) is 6.68. The van der Waals surface area contributed by atoms with Crippen molar-refractivity contribution >= 4 is 0 Å². The SMILES string of the molecule is C[C@H]1CNCC(c2ccn(C)c2)N1C. The van der Waals surface area contributed by atoms with E-state index in [1.165, 1.54) is 5.56 Å². The van der Waals surface area contributed by atoms with E-state index in [1.807, 2.05) is 0 Å². The van der Waals surface area contributed by atoms with Gasteiger partial charge in [0.1, 0.15) is 0 Å². The Morgan fingerprint density at radius 1 is 1.36 bits per heavy atom. The summed E-state index contributed by atoms with van der Waals surface area (Å²) in [6.45, 7) is 4.42. The zero-order chi connectivity index (χ0) is 10.1. The van der Waals surface area contributed by atoms with Crippen LogP contribution < -0.4 is 5.32 Å². The molecule has 3 nitrogen and oxygen atoms in total. The van der Waals surface area contributed by atoms with Crippen molar-refractivity contribution in [3.63, 3.8) is 0 Å². The Kier molecular flexibility index (Phi) is 2.61. The molecule has 1 aromatic rings. The van der Waals surface area contributed by atoms with Gasteiger partial charge in [0.25, 0.3) is 0 Å². The van der Waals surface area contributed by atoms with Crippen molar-refractivity contribution in [3.05, 3.63) is 24.0 Å². The molecular weight excluding hydrogens is 174 g/mol. The van der Waals surface area contributed by atoms with Gasteiger partial charge in [-0.2, -0.15) is 0 Å². The van der Waals surface area contributed by atoms with Crippen LogP contribution in [0, 0.1) is 0 Å². The maximum Gasteiger partial charge on any atom is 0.0487 e. The minimum atomic E-state index is 0.528. The van der Waals surface area contributed by atoms with Crippen molar-refractivity contribution in [1.82, 2.24) is 14.8 Å². The molecule has 0 aromatic carbocycles. The Morgan fingerprint density at radius 2 is 2.14 bits per heavy atom. The third kappa shape index (κ3) is 1.70. The van der Waals surface area contributed by atoms with Gasteiger partial charge in [-0.25, -0.2) is 0 Å². The van der Waals surface area contributed by atoms with Crippen molar-refractivity contribution < 1.29 is 0 Å². The highest BCUT2D eigenvalue weighted by Crippen LogP contribution is 2.23. The number of rotatable bonds is 1. The molecule has 78 valence electrons. The minimum Gasteiger partial charge on any atom is -0.357 e. The van der Waals surface area contributed by atoms with Crippen LogP contribution in [0.15, 0.2) is 18.5 Å². The van der Waals surface area contributed by atoms with Gasteiger partial charge in [0.15, 0.2) is 0 Å². The lowest BCUT2D eigenvalue weighted by Crippen LogP contribution is -2.49. The van der Waals surface area contributed by atoms with Crippen molar-refractivity contribution in [2.45, 2.75) is 19.0 Å². The summed E-state index contributed by atoms with van der Waals surface area (Å²) in [5.41, 5.74) is 1.41. The van der Waals surface area contributed by atoms with E-state index in [4.69, 9.17) is 0 Å². The lowest BCUT2D eigenvalue weighted by atomic mass is 10.0. The summed E-state index contributed by atoms with van der Waals surface area (Å²) in [5, 5.41) is 3.47. The second-order valence-electron chi connectivity index (χ2n) is 4.30. The highest BCUT2D eigenvalue weighted by atomic mass is 15.2. The van der Waals surface area contributed by atoms with Gasteiger partial charge >= 0.3 is 0 Å². The molecule has 0 bridgehead atoms. The molecule has 1 fully saturated rings. The number of piperazine rings is 1. The fraction of sp³-hybridized carbons (Fsp3) is 0.636. The van der Waals surface area contributed by atoms with E-state index in [2.05, 4.69) is 54.3 Å². The van der Waals surface area contributed by atoms with E-state index in [0.717, 1.165) is 13.1 Å². The maximum atomic E-state index is 3.47. The summed E-state index contributed by atoms with van der Waals surface area (Å²) < 4.78 is 2.11. The molecule has 1 aliphatic heterocycles. The Morgan fingerprint density at radius 3 is 2.79 bits per heavy atom. The van der Waals surface area contributed by atoms with Crippen LogP contribution >= 0.6 is 0 Å². The Bertz CT molecular complexity index is 305. The van der Waals surface area contributed by atoms with Crippen LogP contribution in [0.4, 0.5) is 0 Å². The van der Waals surface area contributed by atoms with Gasteiger partial charge in [-0.05, 0) is 25.6 Å². The highest BCUT2D eigenvalue weighted by Gasteiger charge is 2.25. The maximum absolute atomic E-state index is 3.47. The van der Waals surface area contributed by atoms with E-state index in [-0.39, 0.29) is 0 Å². The van der Waals surface area contributed by atoms with Gasteiger partial charge < -0.3 is 9.88 Å². The molecule has 1 saturated heterocycles. The van der Waals surface area contributed by atoms with Crippen LogP contribution in [-0.4, -0.2) is 35.6 Å². The first kappa shape index (κ1) is 9.74. The standard InChI is InChI=1S/C11H19N3/c1-9-6-12-7-11(14(9)3)10-4-5-13(2)8-10/h4-5,8-9,11-12H,6-7H2,1-3H3/t9-,11?/m0/s1. The molecule has 2 atom stereocenters. The van der Waals surface area contributed by atoms with E-state index in [9.17, 15) is 0 Å². The van der Waals surface area contributed by atoms with Crippen LogP contribution in [0.2, 0.25) is 0 Å². The summed E-state index contributed by atoms with van der Waals surface area (Å²) in [4.78, 5) is 2.45. The van der Waals surface area contributed by atoms with E-state index in [0.29, 0.717) is 12.1 Å². The molecule has 0 saturated carbocycles. The second-order valence-corrected chi connectivity index (χ2v) is 4.30. The van der Waals surface area contributed by atoms with Crippen molar-refractivity contribution in [3.8, 4) is 0 Å². The summed E-state index contributed by atoms with van der Waals surface area (Å²) in [7, 11) is 4.28. The molecule has 1 unspecified atom stereocenters. The van der Waals surface area contributed by atoms with Crippen LogP contribution in [0.1, 0.15) is 18.5 Å². The molecule has 14 heavy (non-hydrogen) atoms. The smallest absolute Gasteiger partial charge is 0.0487 e. The molecule has 0 aliphatic carbocycles. The molecule has 2 heterocycles. The fourth-order valence-corrected chi connectivity index (χ4v) is 2.10. The number of nitrogens with one attached hydrogen (secondary N) is 1. The minimum absolute atomic E-state index is 0.528. The van der Waals surface area contributed by atoms with E-state index >= 15 is 0 Å². The van der Waals surface area contributed by atoms with Crippen LogP contribution in [0.5, 0.6) is 0 Å². The first-order valence-electron chi connectivity index (χ1n) is 5.23. The number of likely N-dealkylation sites (N-methyl/N-ethyl adjacent to an activating group) is 1. The van der Waals surface area contributed by atoms with Crippen molar-refractivity contribution in [1.29, 1.82) is 0 Å². The molecule has 0 radical (unpaired) electrons. The quantitative estimate of drug-likeness (QED) is 0.718. The van der Waals surface area contributed by atoms with Gasteiger partial charge in [0, 0.05) is 44.6 Å². The molecule has 2 rings (SSSR count). The van der Waals surface area contributed by atoms with Gasteiger partial charge in [-0.3, -0.25) is 4.90 Å². The number of aryl methyl sites for hydroxylation is 1. The third-order valence-corrected chi connectivity index (χ3v) is 3.20. The molecule has 1 aliphatic rings. The van der Waals surface area contributed by atoms with E-state index in [1.54, 1.807) is 0 Å². The lowest BCUT2D eigenvalue weighted by molar-refractivity contribution is 0.141. The number of nitrogens with zero attached hydrogens (tertiary/aromatic N) is 2. The summed E-state index contributed by atoms with van der Waals surface area (Å²) in [6, 6.07) is 3.36. The highest BCUT2D eigenvalue weighted by molar-refractivity contribution is 5.17. The van der Waals surface area contributed by atoms with Gasteiger partial charge in [-0.15, -0.1) is 0 Å². The molecule has 1 aromatic heterocycles. The molecular formula is C11H19N3. The molecule has 0 spiro atoms. The predicted octanol–water partition coefficient (Wildman–Crippen LogP) is 0.990. The van der Waals surface area contributed by atoms with E-state index < -0.39 is 0 Å². The second kappa shape index (κ2) is 3.75. The fourth-order valence-electron chi connectivity index (χ4n) is 2.10. The molecule has 0 amide bonds. The lowest BCUT2D eigenvalue weighted by Gasteiger charge is -2.38. The van der Waals surface area contributed by atoms with Crippen LogP contribution in [-0.2, 0) is 7.05 Å². The average molecular weight is 193 g/mol. The normalized spacial score (nSPS) is 29.4. The Balaban J connectivity index is 2.17. The summed E-state index contributed by atoms with van der Waals surface area (Å²) in [5.74, 6) is 0. The van der Waals surface area contributed by atoms with Crippen LogP contribution in [0.25, 0.3) is 0 Å². The average Bonchev–Trinajstić information content (AvgIpc) is 2.57. The first-order valence-corrected chi connectivity index (χ1v) is 5.23. The molecule has 1 N–H and O–H groups in total. The van der Waals surface area contributed by atoms with Crippen LogP contribution in [0.3, 0.4) is 0 Å². The Hall–Kier alpha value is -0.800. The van der Waals surface area contributed by atoms with Crippen molar-refractivity contribution in [2.24, 2.45) is 7.05 Å². The van der Waals surface area contributed by atoms with Gasteiger partial charge in [-0.1, -0.05) is 0 Å².